The molecule has 0 fully saturated rings. The molecular formula is C23H20N5O3S+. The molecule has 8 nitrogen and oxygen atoms in total. The molecule has 0 saturated heterocycles. The number of fused-ring (bicyclic) bond motifs is 1. The second-order valence-corrected chi connectivity index (χ2v) is 8.54. The highest BCUT2D eigenvalue weighted by Gasteiger charge is 2.24. The first-order valence-electron chi connectivity index (χ1n) is 10.1. The summed E-state index contributed by atoms with van der Waals surface area (Å²) < 4.78 is 0. The molecule has 1 unspecified atom stereocenters. The monoisotopic (exact) mass is 446 g/mol. The van der Waals surface area contributed by atoms with Gasteiger partial charge in [-0.05, 0) is 11.6 Å². The average Bonchev–Trinajstić information content (AvgIpc) is 3.19. The molecule has 0 spiro atoms. The molecule has 32 heavy (non-hydrogen) atoms. The zero-order valence-corrected chi connectivity index (χ0v) is 17.9. The lowest BCUT2D eigenvalue weighted by molar-refractivity contribution is -0.929. The van der Waals surface area contributed by atoms with E-state index in [0.29, 0.717) is 10.7 Å². The molecule has 0 saturated carbocycles. The molecule has 1 atom stereocenters. The number of carbonyl (C=O) groups is 1. The molecule has 3 aromatic rings. The van der Waals surface area contributed by atoms with Gasteiger partial charge in [0.1, 0.15) is 30.4 Å². The van der Waals surface area contributed by atoms with E-state index in [4.69, 9.17) is 0 Å². The van der Waals surface area contributed by atoms with Crippen molar-refractivity contribution in [2.45, 2.75) is 19.5 Å². The van der Waals surface area contributed by atoms with Crippen LogP contribution in [-0.4, -0.2) is 22.4 Å². The van der Waals surface area contributed by atoms with Gasteiger partial charge in [0.2, 0.25) is 0 Å². The molecule has 0 aliphatic carbocycles. The number of thiazole rings is 1. The highest BCUT2D eigenvalue weighted by atomic mass is 32.1. The minimum absolute atomic E-state index is 0.105. The minimum atomic E-state index is -0.585. The van der Waals surface area contributed by atoms with E-state index >= 15 is 0 Å². The van der Waals surface area contributed by atoms with E-state index in [1.807, 2.05) is 24.3 Å². The maximum Gasteiger partial charge on any atom is 0.270 e. The van der Waals surface area contributed by atoms with Crippen molar-refractivity contribution < 1.29 is 14.6 Å². The van der Waals surface area contributed by atoms with Crippen LogP contribution in [0.2, 0.25) is 0 Å². The average molecular weight is 447 g/mol. The third-order valence-corrected chi connectivity index (χ3v) is 6.25. The quantitative estimate of drug-likeness (QED) is 0.262. The summed E-state index contributed by atoms with van der Waals surface area (Å²) in [5.74, 6) is -0.585. The van der Waals surface area contributed by atoms with Crippen LogP contribution < -0.4 is 10.2 Å². The maximum atomic E-state index is 12.6. The fourth-order valence-electron chi connectivity index (χ4n) is 3.63. The summed E-state index contributed by atoms with van der Waals surface area (Å²) in [5, 5.41) is 23.5. The van der Waals surface area contributed by atoms with E-state index in [0.717, 1.165) is 36.6 Å². The molecule has 160 valence electrons. The van der Waals surface area contributed by atoms with Gasteiger partial charge in [-0.25, -0.2) is 4.98 Å². The molecule has 1 aliphatic rings. The van der Waals surface area contributed by atoms with Gasteiger partial charge in [-0.2, -0.15) is 5.26 Å². The van der Waals surface area contributed by atoms with E-state index < -0.39 is 10.8 Å². The first-order chi connectivity index (χ1) is 15.5. The van der Waals surface area contributed by atoms with Crippen LogP contribution in [0.3, 0.4) is 0 Å². The second kappa shape index (κ2) is 9.51. The van der Waals surface area contributed by atoms with Crippen molar-refractivity contribution in [2.24, 2.45) is 0 Å². The second-order valence-electron chi connectivity index (χ2n) is 7.45. The number of benzene rings is 2. The normalized spacial score (nSPS) is 15.5. The van der Waals surface area contributed by atoms with Crippen molar-refractivity contribution in [3.8, 4) is 6.07 Å². The topological polar surface area (TPSA) is 113 Å². The zero-order chi connectivity index (χ0) is 22.5. The Kier molecular flexibility index (Phi) is 6.35. The van der Waals surface area contributed by atoms with Gasteiger partial charge in [0.25, 0.3) is 11.6 Å². The molecule has 2 N–H and O–H groups in total. The van der Waals surface area contributed by atoms with Crippen molar-refractivity contribution in [3.05, 3.63) is 92.0 Å². The lowest BCUT2D eigenvalue weighted by atomic mass is 10.1. The number of nitrogens with one attached hydrogen (secondary N) is 2. The number of aromatic nitrogens is 1. The summed E-state index contributed by atoms with van der Waals surface area (Å²) in [4.78, 5) is 30.2. The smallest absolute Gasteiger partial charge is 0.270 e. The number of carbonyl (C=O) groups excluding carboxylic acids is 1. The van der Waals surface area contributed by atoms with E-state index in [1.54, 1.807) is 6.07 Å². The lowest BCUT2D eigenvalue weighted by Gasteiger charge is -2.22. The summed E-state index contributed by atoms with van der Waals surface area (Å²) in [6, 6.07) is 18.0. The number of amides is 1. The fourth-order valence-corrected chi connectivity index (χ4v) is 4.60. The molecule has 1 amide bonds. The van der Waals surface area contributed by atoms with Gasteiger partial charge in [-0.1, -0.05) is 42.5 Å². The van der Waals surface area contributed by atoms with Crippen molar-refractivity contribution >= 4 is 34.1 Å². The molecule has 2 heterocycles. The molecule has 1 aromatic heterocycles. The summed E-state index contributed by atoms with van der Waals surface area (Å²) in [6.45, 7) is 2.70. The predicted molar refractivity (Wildman–Crippen MR) is 121 cm³/mol. The van der Waals surface area contributed by atoms with E-state index in [2.05, 4.69) is 22.4 Å². The molecule has 9 heteroatoms. The van der Waals surface area contributed by atoms with Gasteiger partial charge >= 0.3 is 0 Å². The largest absolute Gasteiger partial charge is 0.326 e. The summed E-state index contributed by atoms with van der Waals surface area (Å²) in [5.41, 5.74) is 2.41. The van der Waals surface area contributed by atoms with E-state index in [1.165, 1.54) is 46.1 Å². The molecule has 2 aromatic carbocycles. The lowest BCUT2D eigenvalue weighted by Crippen LogP contribution is -3.10. The van der Waals surface area contributed by atoms with E-state index in [-0.39, 0.29) is 11.3 Å². The summed E-state index contributed by atoms with van der Waals surface area (Å²) in [7, 11) is 0. The van der Waals surface area contributed by atoms with Crippen LogP contribution in [0, 0.1) is 21.4 Å². The number of nitro groups is 1. The Balaban J connectivity index is 1.44. The summed E-state index contributed by atoms with van der Waals surface area (Å²) in [6.07, 6.45) is 2.22. The Hall–Kier alpha value is -3.87. The third-order valence-electron chi connectivity index (χ3n) is 5.18. The van der Waals surface area contributed by atoms with Crippen LogP contribution in [0.15, 0.2) is 60.2 Å². The van der Waals surface area contributed by atoms with Crippen LogP contribution >= 0.6 is 11.3 Å². The Bertz CT molecular complexity index is 1230. The number of non-ortho nitro benzene ring substituents is 1. The van der Waals surface area contributed by atoms with Gasteiger partial charge in [-0.3, -0.25) is 20.2 Å². The number of rotatable bonds is 6. The van der Waals surface area contributed by atoms with Crippen molar-refractivity contribution in [1.82, 2.24) is 4.98 Å². The van der Waals surface area contributed by atoms with Crippen LogP contribution in [0.4, 0.5) is 10.8 Å². The number of quaternary nitrogens is 1. The first kappa shape index (κ1) is 21.4. The highest BCUT2D eigenvalue weighted by Crippen LogP contribution is 2.25. The van der Waals surface area contributed by atoms with Crippen LogP contribution in [0.1, 0.15) is 21.7 Å². The molecule has 4 rings (SSSR count). The number of anilines is 1. The van der Waals surface area contributed by atoms with Gasteiger partial charge in [-0.15, -0.1) is 11.3 Å². The van der Waals surface area contributed by atoms with Gasteiger partial charge < -0.3 is 4.90 Å². The van der Waals surface area contributed by atoms with Crippen molar-refractivity contribution in [1.29, 1.82) is 5.26 Å². The standard InChI is InChI=1S/C23H19N5O3S/c24-13-18(11-17-7-4-8-19(12-17)28(30)31)22(29)26-23-25-20-15-27(10-9-21(20)32-23)14-16-5-2-1-3-6-16/h1-8,11-12H,9-10,14-15H2,(H,25,26,29)/p+1/b18-11+. The SMILES string of the molecule is N#C/C(=C\c1cccc([N+](=O)[O-])c1)C(=O)Nc1nc2c(s1)CC[NH+](Cc1ccccc1)C2. The first-order valence-corrected chi connectivity index (χ1v) is 10.9. The van der Waals surface area contributed by atoms with Crippen LogP contribution in [0.25, 0.3) is 6.08 Å². The van der Waals surface area contributed by atoms with Crippen LogP contribution in [-0.2, 0) is 24.3 Å². The predicted octanol–water partition coefficient (Wildman–Crippen LogP) is 2.74. The number of nitrogens with zero attached hydrogens (tertiary/aromatic N) is 3. The Morgan fingerprint density at radius 2 is 2.09 bits per heavy atom. The minimum Gasteiger partial charge on any atom is -0.326 e. The van der Waals surface area contributed by atoms with Crippen molar-refractivity contribution in [3.63, 3.8) is 0 Å². The zero-order valence-electron chi connectivity index (χ0n) is 17.1. The number of nitro benzene ring substituents is 1. The Morgan fingerprint density at radius 1 is 1.28 bits per heavy atom. The van der Waals surface area contributed by atoms with Gasteiger partial charge in [0.05, 0.1) is 11.5 Å². The fraction of sp³-hybridized carbons (Fsp3) is 0.174. The Morgan fingerprint density at radius 3 is 2.84 bits per heavy atom. The highest BCUT2D eigenvalue weighted by molar-refractivity contribution is 7.15. The van der Waals surface area contributed by atoms with Crippen LogP contribution in [0.5, 0.6) is 0 Å². The van der Waals surface area contributed by atoms with Crippen molar-refractivity contribution in [2.75, 3.05) is 11.9 Å². The van der Waals surface area contributed by atoms with E-state index in [9.17, 15) is 20.2 Å². The molecular weight excluding hydrogens is 426 g/mol. The summed E-state index contributed by atoms with van der Waals surface area (Å²) >= 11 is 1.43. The molecule has 0 radical (unpaired) electrons. The number of hydrogen-bond acceptors (Lipinski definition) is 6. The molecule has 1 aliphatic heterocycles. The van der Waals surface area contributed by atoms with Gasteiger partial charge in [0, 0.05) is 29.0 Å². The molecule has 0 bridgehead atoms. The number of hydrogen-bond donors (Lipinski definition) is 2. The maximum absolute atomic E-state index is 12.6. The Labute approximate surface area is 188 Å². The number of nitriles is 1. The van der Waals surface area contributed by atoms with Gasteiger partial charge in [0.15, 0.2) is 5.13 Å². The third kappa shape index (κ3) is 5.06.